The average Bonchev–Trinajstić information content (AvgIpc) is 2.07. The van der Waals surface area contributed by atoms with Gasteiger partial charge in [0.1, 0.15) is 0 Å². The molecule has 0 spiro atoms. The van der Waals surface area contributed by atoms with E-state index < -0.39 is 0 Å². The fourth-order valence-electron chi connectivity index (χ4n) is 1.93. The van der Waals surface area contributed by atoms with Gasteiger partial charge in [-0.2, -0.15) is 5.26 Å². The highest BCUT2D eigenvalue weighted by Gasteiger charge is 2.30. The van der Waals surface area contributed by atoms with Crippen molar-refractivity contribution >= 4 is 0 Å². The first kappa shape index (κ1) is 8.59. The minimum absolute atomic E-state index is 0.0486. The molecular weight excluding hydrogens is 134 g/mol. The third-order valence-corrected chi connectivity index (χ3v) is 2.56. The first-order valence-corrected chi connectivity index (χ1v) is 4.58. The van der Waals surface area contributed by atoms with Crippen molar-refractivity contribution in [1.82, 2.24) is 0 Å². The van der Waals surface area contributed by atoms with Crippen LogP contribution < -0.4 is 0 Å². The van der Waals surface area contributed by atoms with Gasteiger partial charge in [0.15, 0.2) is 0 Å². The van der Waals surface area contributed by atoms with Crippen LogP contribution in [0.15, 0.2) is 0 Å². The molecule has 0 bridgehead atoms. The van der Waals surface area contributed by atoms with Crippen LogP contribution >= 0.6 is 0 Å². The minimum Gasteiger partial charge on any atom is -0.198 e. The van der Waals surface area contributed by atoms with E-state index in [9.17, 15) is 0 Å². The average molecular weight is 150 g/mol. The van der Waals surface area contributed by atoms with Crippen LogP contribution in [0.4, 0.5) is 0 Å². The molecule has 1 saturated carbocycles. The van der Waals surface area contributed by atoms with Crippen molar-refractivity contribution in [3.8, 4) is 6.07 Å². The Morgan fingerprint density at radius 3 is 2.45 bits per heavy atom. The van der Waals surface area contributed by atoms with Gasteiger partial charge in [0.2, 0.25) is 0 Å². The summed E-state index contributed by atoms with van der Waals surface area (Å²) in [4.78, 5) is 0. The second kappa shape index (κ2) is 3.76. The molecule has 0 aromatic heterocycles. The van der Waals surface area contributed by atoms with Crippen LogP contribution in [0.5, 0.6) is 0 Å². The number of nitriles is 1. The third-order valence-electron chi connectivity index (χ3n) is 2.56. The molecule has 0 aromatic carbocycles. The maximum Gasteiger partial charge on any atom is 0.0692 e. The predicted molar refractivity (Wildman–Crippen MR) is 45.7 cm³/mol. The van der Waals surface area contributed by atoms with E-state index in [1.54, 1.807) is 0 Å². The summed E-state index contributed by atoms with van der Waals surface area (Å²) in [5.74, 6) is 0. The Bertz CT molecular complexity index is 143. The van der Waals surface area contributed by atoms with Crippen LogP contribution in [0.25, 0.3) is 0 Å². The summed E-state index contributed by atoms with van der Waals surface area (Å²) in [5.41, 5.74) is -0.0486. The van der Waals surface area contributed by atoms with Gasteiger partial charge in [-0.15, -0.1) is 0 Å². The van der Waals surface area contributed by atoms with Gasteiger partial charge in [-0.3, -0.25) is 0 Å². The molecule has 11 heavy (non-hydrogen) atoms. The molecule has 0 N–H and O–H groups in total. The van der Waals surface area contributed by atoms with Crippen LogP contribution in [-0.2, 0) is 0 Å². The molecule has 1 rings (SSSR count). The summed E-state index contributed by atoms with van der Waals surface area (Å²) in [6.07, 6.45) is 9.23. The molecule has 1 aliphatic rings. The lowest BCUT2D eigenvalue weighted by Crippen LogP contribution is -2.22. The maximum atomic E-state index is 8.99. The van der Waals surface area contributed by atoms with Gasteiger partial charge < -0.3 is 0 Å². The summed E-state index contributed by atoms with van der Waals surface area (Å²) < 4.78 is 0. The summed E-state index contributed by atoms with van der Waals surface area (Å²) in [6.45, 7) is 2.12. The fraction of sp³-hybridized carbons (Fsp3) is 0.800. The molecule has 1 fully saturated rings. The Morgan fingerprint density at radius 1 is 1.36 bits per heavy atom. The van der Waals surface area contributed by atoms with Crippen molar-refractivity contribution in [3.05, 3.63) is 6.42 Å². The Morgan fingerprint density at radius 2 is 2.00 bits per heavy atom. The normalized spacial score (nSPS) is 22.5. The summed E-state index contributed by atoms with van der Waals surface area (Å²) >= 11 is 0. The molecule has 0 saturated heterocycles. The standard InChI is InChI=1S/C10H16N/c1-2-6-10(9-11)7-4-3-5-8-10/h6H,2-5,7-8H2,1H3. The van der Waals surface area contributed by atoms with E-state index in [2.05, 4.69) is 19.4 Å². The molecule has 0 heterocycles. The fourth-order valence-corrected chi connectivity index (χ4v) is 1.93. The van der Waals surface area contributed by atoms with Crippen LogP contribution in [-0.4, -0.2) is 0 Å². The molecular formula is C10H16N. The van der Waals surface area contributed by atoms with Crippen LogP contribution in [0.2, 0.25) is 0 Å². The smallest absolute Gasteiger partial charge is 0.0692 e. The van der Waals surface area contributed by atoms with E-state index in [1.165, 1.54) is 19.3 Å². The zero-order chi connectivity index (χ0) is 8.16. The maximum absolute atomic E-state index is 8.99. The van der Waals surface area contributed by atoms with Crippen LogP contribution in [0, 0.1) is 23.2 Å². The topological polar surface area (TPSA) is 23.8 Å². The zero-order valence-electron chi connectivity index (χ0n) is 7.27. The van der Waals surface area contributed by atoms with Gasteiger partial charge in [0.05, 0.1) is 11.5 Å². The number of hydrogen-bond donors (Lipinski definition) is 0. The molecule has 1 nitrogen and oxygen atoms in total. The van der Waals surface area contributed by atoms with Crippen molar-refractivity contribution in [2.24, 2.45) is 5.41 Å². The van der Waals surface area contributed by atoms with E-state index in [-0.39, 0.29) is 5.41 Å². The molecule has 0 amide bonds. The molecule has 0 aliphatic heterocycles. The summed E-state index contributed by atoms with van der Waals surface area (Å²) in [6, 6.07) is 2.46. The molecule has 0 unspecified atom stereocenters. The lowest BCUT2D eigenvalue weighted by atomic mass is 9.72. The second-order valence-electron chi connectivity index (χ2n) is 3.44. The van der Waals surface area contributed by atoms with Crippen molar-refractivity contribution in [2.45, 2.75) is 45.4 Å². The SMILES string of the molecule is CC[CH]C1(C#N)CCCCC1. The van der Waals surface area contributed by atoms with Crippen LogP contribution in [0.3, 0.4) is 0 Å². The monoisotopic (exact) mass is 150 g/mol. The molecule has 1 heteroatoms. The highest BCUT2D eigenvalue weighted by Crippen LogP contribution is 2.38. The van der Waals surface area contributed by atoms with E-state index in [1.807, 2.05) is 0 Å². The number of rotatable bonds is 2. The Labute approximate surface area is 69.4 Å². The van der Waals surface area contributed by atoms with Crippen molar-refractivity contribution < 1.29 is 0 Å². The second-order valence-corrected chi connectivity index (χ2v) is 3.44. The predicted octanol–water partition coefficient (Wildman–Crippen LogP) is 3.07. The highest BCUT2D eigenvalue weighted by atomic mass is 14.4. The van der Waals surface area contributed by atoms with Gasteiger partial charge in [-0.1, -0.05) is 32.6 Å². The Hall–Kier alpha value is -0.510. The largest absolute Gasteiger partial charge is 0.198 e. The highest BCUT2D eigenvalue weighted by molar-refractivity contribution is 5.08. The summed E-state index contributed by atoms with van der Waals surface area (Å²) in [7, 11) is 0. The lowest BCUT2D eigenvalue weighted by molar-refractivity contribution is 0.306. The van der Waals surface area contributed by atoms with E-state index >= 15 is 0 Å². The van der Waals surface area contributed by atoms with Gasteiger partial charge in [-0.05, 0) is 19.3 Å². The van der Waals surface area contributed by atoms with Crippen LogP contribution in [0.1, 0.15) is 45.4 Å². The molecule has 0 atom stereocenters. The zero-order valence-corrected chi connectivity index (χ0v) is 7.27. The first-order chi connectivity index (χ1) is 5.33. The summed E-state index contributed by atoms with van der Waals surface area (Å²) in [5, 5.41) is 8.99. The van der Waals surface area contributed by atoms with Gasteiger partial charge in [0.25, 0.3) is 0 Å². The lowest BCUT2D eigenvalue weighted by Gasteiger charge is -2.29. The number of hydrogen-bond acceptors (Lipinski definition) is 1. The first-order valence-electron chi connectivity index (χ1n) is 4.58. The third kappa shape index (κ3) is 1.96. The minimum atomic E-state index is -0.0486. The van der Waals surface area contributed by atoms with Gasteiger partial charge >= 0.3 is 0 Å². The Balaban J connectivity index is 2.51. The Kier molecular flexibility index (Phi) is 2.93. The van der Waals surface area contributed by atoms with Gasteiger partial charge in [0, 0.05) is 0 Å². The van der Waals surface area contributed by atoms with Gasteiger partial charge in [-0.25, -0.2) is 0 Å². The molecule has 1 radical (unpaired) electrons. The van der Waals surface area contributed by atoms with E-state index in [4.69, 9.17) is 5.26 Å². The number of nitrogens with zero attached hydrogens (tertiary/aromatic N) is 1. The molecule has 61 valence electrons. The van der Waals surface area contributed by atoms with E-state index in [0.717, 1.165) is 19.3 Å². The quantitative estimate of drug-likeness (QED) is 0.593. The van der Waals surface area contributed by atoms with Crippen molar-refractivity contribution in [1.29, 1.82) is 5.26 Å². The van der Waals surface area contributed by atoms with E-state index in [0.29, 0.717) is 0 Å². The molecule has 1 aliphatic carbocycles. The van der Waals surface area contributed by atoms with Crippen molar-refractivity contribution in [3.63, 3.8) is 0 Å². The van der Waals surface area contributed by atoms with Crippen molar-refractivity contribution in [2.75, 3.05) is 0 Å². The molecule has 0 aromatic rings.